The molecule has 0 aliphatic carbocycles. The van der Waals surface area contributed by atoms with E-state index in [0.717, 1.165) is 32.4 Å². The average Bonchev–Trinajstić information content (AvgIpc) is 2.68. The highest BCUT2D eigenvalue weighted by atomic mass is 16.7. The second-order valence-electron chi connectivity index (χ2n) is 8.51. The molecule has 1 heterocycles. The molecular weight excluding hydrogens is 334 g/mol. The van der Waals surface area contributed by atoms with Gasteiger partial charge in [-0.3, -0.25) is 4.79 Å². The molecule has 0 amide bonds. The molecule has 160 valence electrons. The van der Waals surface area contributed by atoms with Crippen molar-refractivity contribution in [1.29, 1.82) is 0 Å². The fourth-order valence-electron chi connectivity index (χ4n) is 3.96. The first-order chi connectivity index (χ1) is 13.3. The third-order valence-corrected chi connectivity index (χ3v) is 5.78. The Balaban J connectivity index is 1.72. The van der Waals surface area contributed by atoms with E-state index in [-0.39, 0.29) is 5.97 Å². The minimum Gasteiger partial charge on any atom is -0.368 e. The molecule has 3 nitrogen and oxygen atoms in total. The van der Waals surface area contributed by atoms with Crippen LogP contribution in [0.5, 0.6) is 0 Å². The predicted octanol–water partition coefficient (Wildman–Crippen LogP) is 7.58. The van der Waals surface area contributed by atoms with E-state index in [4.69, 9.17) is 4.84 Å². The number of carbonyl (C=O) groups is 1. The maximum Gasteiger partial charge on any atom is 0.325 e. The molecule has 0 unspecified atom stereocenters. The van der Waals surface area contributed by atoms with Crippen molar-refractivity contribution < 1.29 is 9.63 Å². The van der Waals surface area contributed by atoms with Crippen LogP contribution in [0.1, 0.15) is 135 Å². The third-order valence-electron chi connectivity index (χ3n) is 5.78. The predicted molar refractivity (Wildman–Crippen MR) is 116 cm³/mol. The van der Waals surface area contributed by atoms with Gasteiger partial charge in [-0.05, 0) is 19.3 Å². The molecular formula is C24H47NO2. The summed E-state index contributed by atoms with van der Waals surface area (Å²) in [5.41, 5.74) is 0. The number of carbonyl (C=O) groups excluding carboxylic acids is 1. The van der Waals surface area contributed by atoms with Crippen LogP contribution in [0.2, 0.25) is 0 Å². The number of unbranched alkanes of at least 4 members (excludes halogenated alkanes) is 15. The molecule has 0 radical (unpaired) electrons. The molecule has 1 fully saturated rings. The van der Waals surface area contributed by atoms with Crippen LogP contribution in [0.15, 0.2) is 0 Å². The zero-order chi connectivity index (χ0) is 19.4. The molecule has 3 heteroatoms. The number of nitrogens with zero attached hydrogens (tertiary/aromatic N) is 1. The summed E-state index contributed by atoms with van der Waals surface area (Å²) in [6, 6.07) is 0. The lowest BCUT2D eigenvalue weighted by Crippen LogP contribution is -2.32. The van der Waals surface area contributed by atoms with E-state index in [1.807, 2.05) is 5.06 Å². The second kappa shape index (κ2) is 18.8. The number of hydrogen-bond donors (Lipinski definition) is 0. The maximum atomic E-state index is 11.8. The number of piperidine rings is 1. The zero-order valence-corrected chi connectivity index (χ0v) is 18.3. The van der Waals surface area contributed by atoms with E-state index in [1.165, 1.54) is 103 Å². The van der Waals surface area contributed by atoms with Gasteiger partial charge in [0.25, 0.3) is 0 Å². The van der Waals surface area contributed by atoms with Crippen molar-refractivity contribution in [2.24, 2.45) is 0 Å². The van der Waals surface area contributed by atoms with Gasteiger partial charge in [0.05, 0.1) is 0 Å². The molecule has 0 spiro atoms. The van der Waals surface area contributed by atoms with Gasteiger partial charge >= 0.3 is 5.97 Å². The highest BCUT2D eigenvalue weighted by Gasteiger charge is 2.14. The second-order valence-corrected chi connectivity index (χ2v) is 8.51. The molecule has 0 aromatic heterocycles. The number of hydrogen-bond acceptors (Lipinski definition) is 3. The molecule has 1 aliphatic heterocycles. The van der Waals surface area contributed by atoms with Gasteiger partial charge in [-0.1, -0.05) is 110 Å². The lowest BCUT2D eigenvalue weighted by Gasteiger charge is -2.24. The summed E-state index contributed by atoms with van der Waals surface area (Å²) in [5.74, 6) is -0.0257. The van der Waals surface area contributed by atoms with Crippen molar-refractivity contribution in [3.05, 3.63) is 0 Å². The van der Waals surface area contributed by atoms with E-state index in [0.29, 0.717) is 6.42 Å². The van der Waals surface area contributed by atoms with Gasteiger partial charge in [0.15, 0.2) is 0 Å². The Kier molecular flexibility index (Phi) is 17.0. The SMILES string of the molecule is CCCCCCCCCCCCCCCCCCC(=O)ON1CCCCC1. The van der Waals surface area contributed by atoms with Gasteiger partial charge in [-0.25, -0.2) is 0 Å². The normalized spacial score (nSPS) is 15.1. The monoisotopic (exact) mass is 381 g/mol. The van der Waals surface area contributed by atoms with Crippen LogP contribution in [-0.4, -0.2) is 24.1 Å². The van der Waals surface area contributed by atoms with E-state index in [1.54, 1.807) is 0 Å². The summed E-state index contributed by atoms with van der Waals surface area (Å²) in [6.07, 6.45) is 26.0. The molecule has 0 saturated carbocycles. The van der Waals surface area contributed by atoms with E-state index < -0.39 is 0 Å². The number of rotatable bonds is 18. The molecule has 1 rings (SSSR count). The summed E-state index contributed by atoms with van der Waals surface area (Å²) >= 11 is 0. The van der Waals surface area contributed by atoms with Crippen LogP contribution in [0.4, 0.5) is 0 Å². The maximum absolute atomic E-state index is 11.8. The van der Waals surface area contributed by atoms with Crippen LogP contribution in [0.25, 0.3) is 0 Å². The first-order valence-corrected chi connectivity index (χ1v) is 12.3. The minimum atomic E-state index is -0.0257. The molecule has 1 saturated heterocycles. The molecule has 27 heavy (non-hydrogen) atoms. The Morgan fingerprint density at radius 2 is 1.04 bits per heavy atom. The van der Waals surface area contributed by atoms with Crippen molar-refractivity contribution in [2.45, 2.75) is 135 Å². The topological polar surface area (TPSA) is 29.5 Å². The summed E-state index contributed by atoms with van der Waals surface area (Å²) in [7, 11) is 0. The lowest BCUT2D eigenvalue weighted by molar-refractivity contribution is -0.194. The van der Waals surface area contributed by atoms with Gasteiger partial charge in [0, 0.05) is 19.5 Å². The fraction of sp³-hybridized carbons (Fsp3) is 0.958. The Labute approximate surface area is 169 Å². The quantitative estimate of drug-likeness (QED) is 0.229. The Morgan fingerprint density at radius 1 is 0.630 bits per heavy atom. The molecule has 0 aromatic carbocycles. The summed E-state index contributed by atoms with van der Waals surface area (Å²) in [4.78, 5) is 17.2. The molecule has 0 aromatic rings. The molecule has 0 atom stereocenters. The smallest absolute Gasteiger partial charge is 0.325 e. The number of hydroxylamine groups is 2. The minimum absolute atomic E-state index is 0.0257. The summed E-state index contributed by atoms with van der Waals surface area (Å²) in [6.45, 7) is 4.13. The van der Waals surface area contributed by atoms with E-state index in [9.17, 15) is 4.79 Å². The van der Waals surface area contributed by atoms with Gasteiger partial charge in [-0.15, -0.1) is 5.06 Å². The summed E-state index contributed by atoms with van der Waals surface area (Å²) in [5, 5.41) is 1.86. The average molecular weight is 382 g/mol. The van der Waals surface area contributed by atoms with Crippen molar-refractivity contribution in [3.8, 4) is 0 Å². The van der Waals surface area contributed by atoms with Crippen LogP contribution in [-0.2, 0) is 9.63 Å². The van der Waals surface area contributed by atoms with Crippen molar-refractivity contribution in [1.82, 2.24) is 5.06 Å². The Morgan fingerprint density at radius 3 is 1.48 bits per heavy atom. The first-order valence-electron chi connectivity index (χ1n) is 12.3. The van der Waals surface area contributed by atoms with Crippen LogP contribution in [0.3, 0.4) is 0 Å². The fourth-order valence-corrected chi connectivity index (χ4v) is 3.96. The third kappa shape index (κ3) is 16.1. The molecule has 0 N–H and O–H groups in total. The van der Waals surface area contributed by atoms with Crippen molar-refractivity contribution in [2.75, 3.05) is 13.1 Å². The lowest BCUT2D eigenvalue weighted by atomic mass is 10.0. The van der Waals surface area contributed by atoms with Gasteiger partial charge < -0.3 is 4.84 Å². The van der Waals surface area contributed by atoms with Gasteiger partial charge in [0.1, 0.15) is 0 Å². The van der Waals surface area contributed by atoms with Crippen LogP contribution >= 0.6 is 0 Å². The summed E-state index contributed by atoms with van der Waals surface area (Å²) < 4.78 is 0. The van der Waals surface area contributed by atoms with E-state index >= 15 is 0 Å². The standard InChI is InChI=1S/C24H47NO2/c1-2-3-4-5-6-7-8-9-10-11-12-13-14-15-16-18-21-24(26)27-25-22-19-17-20-23-25/h2-23H2,1H3. The van der Waals surface area contributed by atoms with Crippen molar-refractivity contribution >= 4 is 5.97 Å². The van der Waals surface area contributed by atoms with Crippen LogP contribution in [0, 0.1) is 0 Å². The highest BCUT2D eigenvalue weighted by Crippen LogP contribution is 2.14. The van der Waals surface area contributed by atoms with E-state index in [2.05, 4.69) is 6.92 Å². The van der Waals surface area contributed by atoms with Gasteiger partial charge in [0.2, 0.25) is 0 Å². The van der Waals surface area contributed by atoms with Crippen molar-refractivity contribution in [3.63, 3.8) is 0 Å². The van der Waals surface area contributed by atoms with Crippen LogP contribution < -0.4 is 0 Å². The molecule has 0 bridgehead atoms. The largest absolute Gasteiger partial charge is 0.368 e. The Hall–Kier alpha value is -0.570. The Bertz CT molecular complexity index is 326. The first kappa shape index (κ1) is 24.5. The highest BCUT2D eigenvalue weighted by molar-refractivity contribution is 5.68. The van der Waals surface area contributed by atoms with Gasteiger partial charge in [-0.2, -0.15) is 0 Å². The molecule has 1 aliphatic rings. The zero-order valence-electron chi connectivity index (χ0n) is 18.3.